The predicted molar refractivity (Wildman–Crippen MR) is 84.2 cm³/mol. The molecule has 2 aromatic rings. The largest absolute Gasteiger partial charge is 0.375 e. The summed E-state index contributed by atoms with van der Waals surface area (Å²) in [6.45, 7) is 0. The Bertz CT molecular complexity index is 576. The molecular weight excluding hydrogens is 289 g/mol. The minimum Gasteiger partial charge on any atom is -0.375 e. The Morgan fingerprint density at radius 3 is 2.48 bits per heavy atom. The minimum atomic E-state index is -0.323. The molecule has 1 N–H and O–H groups in total. The number of likely N-dealkylation sites (N-methyl/N-ethyl adjacent to an activating group) is 1. The molecule has 0 aliphatic carbocycles. The second kappa shape index (κ2) is 7.55. The first-order valence-corrected chi connectivity index (χ1v) is 7.22. The molecule has 0 spiro atoms. The van der Waals surface area contributed by atoms with E-state index in [2.05, 4.69) is 5.32 Å². The molecule has 21 heavy (non-hydrogen) atoms. The molecule has 2 atom stereocenters. The predicted octanol–water partition coefficient (Wildman–Crippen LogP) is 4.00. The van der Waals surface area contributed by atoms with E-state index in [1.807, 2.05) is 37.4 Å². The number of nitrogens with one attached hydrogen (secondary N) is 1. The quantitative estimate of drug-likeness (QED) is 0.871. The molecule has 2 unspecified atom stereocenters. The molecule has 0 aromatic heterocycles. The second-order valence-electron chi connectivity index (χ2n) is 4.90. The van der Waals surface area contributed by atoms with Crippen LogP contribution in [-0.2, 0) is 11.2 Å². The Morgan fingerprint density at radius 1 is 1.19 bits per heavy atom. The summed E-state index contributed by atoms with van der Waals surface area (Å²) in [5.41, 5.74) is 1.99. The fourth-order valence-electron chi connectivity index (χ4n) is 2.46. The van der Waals surface area contributed by atoms with Gasteiger partial charge in [0.05, 0.1) is 6.10 Å². The fraction of sp³-hybridized carbons (Fsp3) is 0.294. The van der Waals surface area contributed by atoms with Crippen molar-refractivity contribution in [2.75, 3.05) is 14.2 Å². The molecule has 0 saturated carbocycles. The van der Waals surface area contributed by atoms with E-state index >= 15 is 0 Å². The Hall–Kier alpha value is -1.42. The third-order valence-electron chi connectivity index (χ3n) is 3.57. The zero-order valence-corrected chi connectivity index (χ0v) is 12.9. The number of ether oxygens (including phenoxy) is 1. The monoisotopic (exact) mass is 307 g/mol. The van der Waals surface area contributed by atoms with Gasteiger partial charge in [-0.25, -0.2) is 4.39 Å². The van der Waals surface area contributed by atoms with Crippen LogP contribution in [0, 0.1) is 5.82 Å². The molecule has 0 radical (unpaired) electrons. The van der Waals surface area contributed by atoms with Crippen LogP contribution in [0.1, 0.15) is 17.2 Å². The highest BCUT2D eigenvalue weighted by molar-refractivity contribution is 6.31. The molecule has 0 aliphatic rings. The third-order valence-corrected chi connectivity index (χ3v) is 3.93. The van der Waals surface area contributed by atoms with Gasteiger partial charge < -0.3 is 10.1 Å². The highest BCUT2D eigenvalue weighted by atomic mass is 35.5. The number of halogens is 2. The Kier molecular flexibility index (Phi) is 5.74. The van der Waals surface area contributed by atoms with Crippen molar-refractivity contribution in [1.29, 1.82) is 0 Å². The van der Waals surface area contributed by atoms with Crippen LogP contribution in [0.25, 0.3) is 0 Å². The summed E-state index contributed by atoms with van der Waals surface area (Å²) < 4.78 is 18.8. The topological polar surface area (TPSA) is 21.3 Å². The number of hydrogen-bond acceptors (Lipinski definition) is 2. The molecule has 2 rings (SSSR count). The molecule has 112 valence electrons. The number of methoxy groups -OCH3 is 1. The van der Waals surface area contributed by atoms with E-state index in [1.165, 1.54) is 12.1 Å². The van der Waals surface area contributed by atoms with Crippen LogP contribution >= 0.6 is 11.6 Å². The summed E-state index contributed by atoms with van der Waals surface area (Å²) in [5.74, 6) is -0.323. The van der Waals surface area contributed by atoms with Crippen LogP contribution in [0.15, 0.2) is 48.5 Å². The summed E-state index contributed by atoms with van der Waals surface area (Å²) in [6.07, 6.45) is 0.556. The first kappa shape index (κ1) is 16.0. The maximum atomic E-state index is 13.1. The SMILES string of the molecule is CNC(Cc1ccc(F)cc1Cl)C(OC)c1ccccc1. The molecule has 2 aromatic carbocycles. The molecule has 4 heteroatoms. The lowest BCUT2D eigenvalue weighted by molar-refractivity contribution is 0.0704. The molecule has 0 aliphatic heterocycles. The standard InChI is InChI=1S/C17H19ClFNO/c1-20-16(10-13-8-9-14(19)11-15(13)18)17(21-2)12-6-4-3-5-7-12/h3-9,11,16-17,20H,10H2,1-2H3. The third kappa shape index (κ3) is 4.03. The summed E-state index contributed by atoms with van der Waals surface area (Å²) in [5, 5.41) is 3.71. The summed E-state index contributed by atoms with van der Waals surface area (Å²) >= 11 is 6.12. The van der Waals surface area contributed by atoms with Gasteiger partial charge in [0.15, 0.2) is 0 Å². The molecule has 2 nitrogen and oxygen atoms in total. The van der Waals surface area contributed by atoms with Gasteiger partial charge in [0.2, 0.25) is 0 Å². The second-order valence-corrected chi connectivity index (χ2v) is 5.31. The van der Waals surface area contributed by atoms with Crippen molar-refractivity contribution in [3.05, 3.63) is 70.5 Å². The van der Waals surface area contributed by atoms with Crippen molar-refractivity contribution in [1.82, 2.24) is 5.32 Å². The van der Waals surface area contributed by atoms with Gasteiger partial charge in [0, 0.05) is 18.2 Å². The molecule has 0 amide bonds. The number of benzene rings is 2. The van der Waals surface area contributed by atoms with Gasteiger partial charge in [0.1, 0.15) is 5.82 Å². The van der Waals surface area contributed by atoms with Crippen molar-refractivity contribution in [3.63, 3.8) is 0 Å². The van der Waals surface area contributed by atoms with E-state index < -0.39 is 0 Å². The van der Waals surface area contributed by atoms with Crippen molar-refractivity contribution >= 4 is 11.6 Å². The first-order chi connectivity index (χ1) is 10.2. The summed E-state index contributed by atoms with van der Waals surface area (Å²) in [6, 6.07) is 14.5. The zero-order valence-electron chi connectivity index (χ0n) is 12.1. The highest BCUT2D eigenvalue weighted by Crippen LogP contribution is 2.26. The number of hydrogen-bond donors (Lipinski definition) is 1. The molecule has 0 saturated heterocycles. The van der Waals surface area contributed by atoms with E-state index in [9.17, 15) is 4.39 Å². The highest BCUT2D eigenvalue weighted by Gasteiger charge is 2.22. The lowest BCUT2D eigenvalue weighted by atomic mass is 9.96. The lowest BCUT2D eigenvalue weighted by Crippen LogP contribution is -2.35. The van der Waals surface area contributed by atoms with Gasteiger partial charge in [-0.1, -0.05) is 48.0 Å². The molecular formula is C17H19ClFNO. The van der Waals surface area contributed by atoms with Crippen LogP contribution in [0.4, 0.5) is 4.39 Å². The van der Waals surface area contributed by atoms with Gasteiger partial charge in [0.25, 0.3) is 0 Å². The van der Waals surface area contributed by atoms with Crippen LogP contribution in [0.5, 0.6) is 0 Å². The van der Waals surface area contributed by atoms with E-state index in [1.54, 1.807) is 13.2 Å². The minimum absolute atomic E-state index is 0.0420. The van der Waals surface area contributed by atoms with E-state index in [0.29, 0.717) is 11.4 Å². The number of rotatable bonds is 6. The van der Waals surface area contributed by atoms with Crippen LogP contribution < -0.4 is 5.32 Å². The maximum Gasteiger partial charge on any atom is 0.124 e. The van der Waals surface area contributed by atoms with Gasteiger partial charge in [-0.2, -0.15) is 0 Å². The van der Waals surface area contributed by atoms with Crippen molar-refractivity contribution in [2.45, 2.75) is 18.6 Å². The Labute approximate surface area is 129 Å². The van der Waals surface area contributed by atoms with Crippen LogP contribution in [0.2, 0.25) is 5.02 Å². The van der Waals surface area contributed by atoms with Crippen molar-refractivity contribution in [3.8, 4) is 0 Å². The zero-order chi connectivity index (χ0) is 15.2. The molecule has 0 bridgehead atoms. The van der Waals surface area contributed by atoms with Gasteiger partial charge in [-0.05, 0) is 36.7 Å². The van der Waals surface area contributed by atoms with Crippen molar-refractivity contribution < 1.29 is 9.13 Å². The summed E-state index contributed by atoms with van der Waals surface area (Å²) in [4.78, 5) is 0. The average molecular weight is 308 g/mol. The average Bonchev–Trinajstić information content (AvgIpc) is 2.50. The van der Waals surface area contributed by atoms with Crippen LogP contribution in [0.3, 0.4) is 0 Å². The van der Waals surface area contributed by atoms with Gasteiger partial charge in [-0.15, -0.1) is 0 Å². The first-order valence-electron chi connectivity index (χ1n) is 6.84. The fourth-order valence-corrected chi connectivity index (χ4v) is 2.70. The lowest BCUT2D eigenvalue weighted by Gasteiger charge is -2.26. The van der Waals surface area contributed by atoms with Gasteiger partial charge >= 0.3 is 0 Å². The Balaban J connectivity index is 2.22. The van der Waals surface area contributed by atoms with Gasteiger partial charge in [-0.3, -0.25) is 0 Å². The Morgan fingerprint density at radius 2 is 1.90 bits per heavy atom. The van der Waals surface area contributed by atoms with E-state index in [4.69, 9.17) is 16.3 Å². The molecule has 0 fully saturated rings. The molecule has 0 heterocycles. The van der Waals surface area contributed by atoms with E-state index in [0.717, 1.165) is 11.1 Å². The normalized spacial score (nSPS) is 13.9. The smallest absolute Gasteiger partial charge is 0.124 e. The van der Waals surface area contributed by atoms with Crippen LogP contribution in [-0.4, -0.2) is 20.2 Å². The summed E-state index contributed by atoms with van der Waals surface area (Å²) in [7, 11) is 3.57. The maximum absolute atomic E-state index is 13.1. The van der Waals surface area contributed by atoms with Crippen molar-refractivity contribution in [2.24, 2.45) is 0 Å². The van der Waals surface area contributed by atoms with E-state index in [-0.39, 0.29) is 18.0 Å².